The normalized spacial score (nSPS) is 25.8. The van der Waals surface area contributed by atoms with Crippen LogP contribution in [-0.4, -0.2) is 22.2 Å². The highest BCUT2D eigenvalue weighted by atomic mass is 19.1. The molecule has 1 saturated carbocycles. The van der Waals surface area contributed by atoms with E-state index in [0.29, 0.717) is 11.5 Å². The second-order valence-corrected chi connectivity index (χ2v) is 6.00. The summed E-state index contributed by atoms with van der Waals surface area (Å²) in [5.74, 6) is 0.141. The summed E-state index contributed by atoms with van der Waals surface area (Å²) in [6.07, 6.45) is 3.68. The Labute approximate surface area is 123 Å². The van der Waals surface area contributed by atoms with Gasteiger partial charge in [-0.1, -0.05) is 6.92 Å². The average Bonchev–Trinajstić information content (AvgIpc) is 2.47. The molecule has 5 nitrogen and oxygen atoms in total. The van der Waals surface area contributed by atoms with Gasteiger partial charge in [-0.15, -0.1) is 0 Å². The molecule has 2 rings (SSSR count). The number of nitro groups is 1. The molecule has 2 N–H and O–H groups in total. The first-order chi connectivity index (χ1) is 9.96. The number of hydrogen-bond donors (Lipinski definition) is 2. The van der Waals surface area contributed by atoms with E-state index < -0.39 is 16.3 Å². The van der Waals surface area contributed by atoms with Crippen LogP contribution in [0.3, 0.4) is 0 Å². The summed E-state index contributed by atoms with van der Waals surface area (Å²) >= 11 is 0. The third-order valence-corrected chi connectivity index (χ3v) is 4.43. The quantitative estimate of drug-likeness (QED) is 0.647. The lowest BCUT2D eigenvalue weighted by Crippen LogP contribution is -2.50. The van der Waals surface area contributed by atoms with Gasteiger partial charge < -0.3 is 10.4 Å². The maximum absolute atomic E-state index is 13.3. The Hall–Kier alpha value is -1.53. The second kappa shape index (κ2) is 6.49. The second-order valence-electron chi connectivity index (χ2n) is 6.00. The van der Waals surface area contributed by atoms with Crippen molar-refractivity contribution in [3.63, 3.8) is 0 Å². The zero-order valence-electron chi connectivity index (χ0n) is 12.1. The summed E-state index contributed by atoms with van der Waals surface area (Å²) in [5, 5.41) is 23.9. The van der Waals surface area contributed by atoms with Crippen LogP contribution in [0.15, 0.2) is 18.2 Å². The topological polar surface area (TPSA) is 75.4 Å². The molecule has 0 aromatic heterocycles. The van der Waals surface area contributed by atoms with Crippen LogP contribution in [0.4, 0.5) is 10.1 Å². The molecule has 0 radical (unpaired) electrons. The number of rotatable bonds is 5. The van der Waals surface area contributed by atoms with Gasteiger partial charge in [0.2, 0.25) is 0 Å². The summed E-state index contributed by atoms with van der Waals surface area (Å²) in [4.78, 5) is 10.5. The Morgan fingerprint density at radius 3 is 2.71 bits per heavy atom. The zero-order valence-corrected chi connectivity index (χ0v) is 12.1. The Kier molecular flexibility index (Phi) is 4.90. The van der Waals surface area contributed by atoms with Gasteiger partial charge in [0.15, 0.2) is 0 Å². The summed E-state index contributed by atoms with van der Waals surface area (Å²) < 4.78 is 13.3. The van der Waals surface area contributed by atoms with Crippen LogP contribution in [0.5, 0.6) is 0 Å². The number of aliphatic hydroxyl groups excluding tert-OH is 1. The molecule has 0 unspecified atom stereocenters. The van der Waals surface area contributed by atoms with Crippen molar-refractivity contribution in [3.8, 4) is 0 Å². The third kappa shape index (κ3) is 3.77. The number of aliphatic hydroxyl groups is 1. The van der Waals surface area contributed by atoms with Crippen molar-refractivity contribution >= 4 is 5.69 Å². The maximum atomic E-state index is 13.3. The summed E-state index contributed by atoms with van der Waals surface area (Å²) in [6.45, 7) is 2.35. The minimum absolute atomic E-state index is 0.0111. The van der Waals surface area contributed by atoms with Gasteiger partial charge in [-0.2, -0.15) is 0 Å². The fraction of sp³-hybridized carbons (Fsp3) is 0.600. The molecule has 116 valence electrons. The molecular formula is C15H21FN2O3. The molecule has 0 spiro atoms. The highest BCUT2D eigenvalue weighted by Gasteiger charge is 2.33. The van der Waals surface area contributed by atoms with Crippen LogP contribution < -0.4 is 5.32 Å². The first-order valence-electron chi connectivity index (χ1n) is 7.24. The molecule has 0 atom stereocenters. The lowest BCUT2D eigenvalue weighted by atomic mass is 9.77. The Bertz CT molecular complexity index is 514. The van der Waals surface area contributed by atoms with Crippen LogP contribution in [0, 0.1) is 21.8 Å². The van der Waals surface area contributed by atoms with E-state index in [-0.39, 0.29) is 18.8 Å². The fourth-order valence-corrected chi connectivity index (χ4v) is 2.86. The summed E-state index contributed by atoms with van der Waals surface area (Å²) in [7, 11) is 0. The van der Waals surface area contributed by atoms with Crippen molar-refractivity contribution in [2.75, 3.05) is 6.61 Å². The molecule has 21 heavy (non-hydrogen) atoms. The highest BCUT2D eigenvalue weighted by Crippen LogP contribution is 2.32. The van der Waals surface area contributed by atoms with Crippen LogP contribution in [-0.2, 0) is 6.54 Å². The number of hydrogen-bond acceptors (Lipinski definition) is 4. The molecule has 1 aromatic carbocycles. The van der Waals surface area contributed by atoms with Gasteiger partial charge in [0.25, 0.3) is 5.69 Å². The zero-order chi connectivity index (χ0) is 15.5. The average molecular weight is 296 g/mol. The van der Waals surface area contributed by atoms with Crippen LogP contribution in [0.2, 0.25) is 0 Å². The van der Waals surface area contributed by atoms with Crippen molar-refractivity contribution in [2.45, 2.75) is 44.7 Å². The summed E-state index contributed by atoms with van der Waals surface area (Å²) in [6, 6.07) is 3.45. The third-order valence-electron chi connectivity index (χ3n) is 4.43. The van der Waals surface area contributed by atoms with E-state index in [0.717, 1.165) is 31.7 Å². The number of nitro benzene ring substituents is 1. The lowest BCUT2D eigenvalue weighted by Gasteiger charge is -2.39. The highest BCUT2D eigenvalue weighted by molar-refractivity contribution is 5.40. The van der Waals surface area contributed by atoms with E-state index in [1.54, 1.807) is 0 Å². The molecule has 0 saturated heterocycles. The van der Waals surface area contributed by atoms with Crippen LogP contribution in [0.1, 0.15) is 38.2 Å². The molecule has 6 heteroatoms. The molecule has 1 fully saturated rings. The van der Waals surface area contributed by atoms with E-state index in [1.807, 2.05) is 0 Å². The number of nitrogens with one attached hydrogen (secondary N) is 1. The van der Waals surface area contributed by atoms with Crippen molar-refractivity contribution in [3.05, 3.63) is 39.7 Å². The van der Waals surface area contributed by atoms with Gasteiger partial charge in [-0.05, 0) is 43.7 Å². The van der Waals surface area contributed by atoms with Crippen LogP contribution >= 0.6 is 0 Å². The Morgan fingerprint density at radius 1 is 1.48 bits per heavy atom. The minimum Gasteiger partial charge on any atom is -0.394 e. The molecule has 0 bridgehead atoms. The van der Waals surface area contributed by atoms with E-state index in [1.165, 1.54) is 12.1 Å². The van der Waals surface area contributed by atoms with Gasteiger partial charge in [-0.3, -0.25) is 10.1 Å². The largest absolute Gasteiger partial charge is 0.394 e. The molecule has 1 aromatic rings. The monoisotopic (exact) mass is 296 g/mol. The predicted octanol–water partition coefficient (Wildman–Crippen LogP) is 2.76. The van der Waals surface area contributed by atoms with Gasteiger partial charge in [0.1, 0.15) is 5.82 Å². The molecule has 1 aliphatic rings. The van der Waals surface area contributed by atoms with Crippen molar-refractivity contribution in [2.24, 2.45) is 5.92 Å². The first kappa shape index (κ1) is 15.9. The molecule has 0 heterocycles. The maximum Gasteiger partial charge on any atom is 0.274 e. The van der Waals surface area contributed by atoms with Crippen LogP contribution in [0.25, 0.3) is 0 Å². The van der Waals surface area contributed by atoms with Gasteiger partial charge in [0.05, 0.1) is 11.5 Å². The van der Waals surface area contributed by atoms with Gasteiger partial charge >= 0.3 is 0 Å². The van der Waals surface area contributed by atoms with Crippen molar-refractivity contribution in [1.29, 1.82) is 0 Å². The standard InChI is InChI=1S/C15H21FN2O3/c1-11-4-6-15(10-19,7-5-11)17-9-12-8-13(16)2-3-14(12)18(20)21/h2-3,8,11,17,19H,4-7,9-10H2,1H3. The molecule has 0 amide bonds. The van der Waals surface area contributed by atoms with E-state index >= 15 is 0 Å². The lowest BCUT2D eigenvalue weighted by molar-refractivity contribution is -0.385. The number of nitrogens with zero attached hydrogens (tertiary/aromatic N) is 1. The predicted molar refractivity (Wildman–Crippen MR) is 77.3 cm³/mol. The van der Waals surface area contributed by atoms with E-state index in [2.05, 4.69) is 12.2 Å². The number of halogens is 1. The molecular weight excluding hydrogens is 275 g/mol. The summed E-state index contributed by atoms with van der Waals surface area (Å²) in [5.41, 5.74) is -0.195. The van der Waals surface area contributed by atoms with Gasteiger partial charge in [0, 0.05) is 23.7 Å². The fourth-order valence-electron chi connectivity index (χ4n) is 2.86. The molecule has 0 aliphatic heterocycles. The van der Waals surface area contributed by atoms with E-state index in [9.17, 15) is 19.6 Å². The van der Waals surface area contributed by atoms with Crippen molar-refractivity contribution < 1.29 is 14.4 Å². The van der Waals surface area contributed by atoms with E-state index in [4.69, 9.17) is 0 Å². The molecule has 1 aliphatic carbocycles. The first-order valence-corrected chi connectivity index (χ1v) is 7.24. The SMILES string of the molecule is CC1CCC(CO)(NCc2cc(F)ccc2[N+](=O)[O-])CC1. The Balaban J connectivity index is 2.11. The number of benzene rings is 1. The smallest absolute Gasteiger partial charge is 0.274 e. The minimum atomic E-state index is -0.509. The van der Waals surface area contributed by atoms with Gasteiger partial charge in [-0.25, -0.2) is 4.39 Å². The Morgan fingerprint density at radius 2 is 2.14 bits per heavy atom. The van der Waals surface area contributed by atoms with Crippen molar-refractivity contribution in [1.82, 2.24) is 5.32 Å².